The molecule has 1 aliphatic rings. The molecule has 0 spiro atoms. The number of hydrogen-bond donors (Lipinski definition) is 1. The fourth-order valence-corrected chi connectivity index (χ4v) is 3.30. The average Bonchev–Trinajstić information content (AvgIpc) is 3.24. The molecule has 0 aliphatic carbocycles. The van der Waals surface area contributed by atoms with Crippen molar-refractivity contribution in [3.63, 3.8) is 0 Å². The lowest BCUT2D eigenvalue weighted by Gasteiger charge is -2.08. The molecular weight excluding hydrogens is 314 g/mol. The summed E-state index contributed by atoms with van der Waals surface area (Å²) in [4.78, 5) is 17.9. The molecule has 23 heavy (non-hydrogen) atoms. The molecule has 0 fully saturated rings. The monoisotopic (exact) mass is 327 g/mol. The lowest BCUT2D eigenvalue weighted by atomic mass is 10.2. The Kier molecular flexibility index (Phi) is 3.60. The van der Waals surface area contributed by atoms with Gasteiger partial charge in [-0.3, -0.25) is 10.1 Å². The van der Waals surface area contributed by atoms with Crippen LogP contribution in [0.3, 0.4) is 0 Å². The molecule has 0 saturated heterocycles. The maximum Gasteiger partial charge on any atom is 0.257 e. The first kappa shape index (κ1) is 14.0. The van der Waals surface area contributed by atoms with Crippen molar-refractivity contribution in [3.05, 3.63) is 52.8 Å². The third kappa shape index (κ3) is 2.86. The highest BCUT2D eigenvalue weighted by atomic mass is 32.1. The van der Waals surface area contributed by atoms with Crippen molar-refractivity contribution in [2.24, 2.45) is 0 Å². The van der Waals surface area contributed by atoms with E-state index < -0.39 is 0 Å². The topological polar surface area (TPSA) is 81.9 Å². The molecular formula is C15H13N5O2S. The van der Waals surface area contributed by atoms with Crippen LogP contribution in [0.4, 0.5) is 5.13 Å². The van der Waals surface area contributed by atoms with Gasteiger partial charge in [0.1, 0.15) is 0 Å². The Balaban J connectivity index is 1.49. The van der Waals surface area contributed by atoms with Crippen molar-refractivity contribution in [1.82, 2.24) is 20.0 Å². The zero-order valence-electron chi connectivity index (χ0n) is 12.1. The van der Waals surface area contributed by atoms with Gasteiger partial charge in [0.15, 0.2) is 5.13 Å². The Hall–Kier alpha value is -2.58. The van der Waals surface area contributed by atoms with E-state index in [-0.39, 0.29) is 5.91 Å². The van der Waals surface area contributed by atoms with Gasteiger partial charge in [-0.15, -0.1) is 5.10 Å². The summed E-state index contributed by atoms with van der Waals surface area (Å²) in [6, 6.07) is 7.15. The summed E-state index contributed by atoms with van der Waals surface area (Å²) in [6.07, 6.45) is 4.15. The summed E-state index contributed by atoms with van der Waals surface area (Å²) in [7, 11) is 0. The van der Waals surface area contributed by atoms with Crippen LogP contribution in [0.1, 0.15) is 20.9 Å². The second-order valence-electron chi connectivity index (χ2n) is 5.04. The maximum absolute atomic E-state index is 12.3. The van der Waals surface area contributed by atoms with Gasteiger partial charge in [0.2, 0.25) is 0 Å². The highest BCUT2D eigenvalue weighted by Crippen LogP contribution is 2.27. The summed E-state index contributed by atoms with van der Waals surface area (Å²) >= 11 is 1.47. The van der Waals surface area contributed by atoms with Gasteiger partial charge in [0.05, 0.1) is 41.9 Å². The van der Waals surface area contributed by atoms with Crippen molar-refractivity contribution in [2.75, 3.05) is 11.9 Å². The molecule has 3 heterocycles. The van der Waals surface area contributed by atoms with E-state index in [2.05, 4.69) is 20.6 Å². The fraction of sp³-hybridized carbons (Fsp3) is 0.200. The second-order valence-corrected chi connectivity index (χ2v) is 6.12. The predicted molar refractivity (Wildman–Crippen MR) is 84.8 cm³/mol. The number of carbonyl (C=O) groups is 1. The number of rotatable bonds is 3. The fourth-order valence-electron chi connectivity index (χ4n) is 2.36. The molecule has 8 heteroatoms. The van der Waals surface area contributed by atoms with Crippen molar-refractivity contribution in [2.45, 2.75) is 13.0 Å². The zero-order valence-corrected chi connectivity index (χ0v) is 12.9. The lowest BCUT2D eigenvalue weighted by Crippen LogP contribution is -2.12. The number of carbonyl (C=O) groups excluding carboxylic acids is 1. The summed E-state index contributed by atoms with van der Waals surface area (Å²) < 4.78 is 7.03. The highest BCUT2D eigenvalue weighted by Gasteiger charge is 2.17. The van der Waals surface area contributed by atoms with Crippen LogP contribution >= 0.6 is 11.3 Å². The third-order valence-corrected chi connectivity index (χ3v) is 4.52. The van der Waals surface area contributed by atoms with Gasteiger partial charge in [-0.25, -0.2) is 9.67 Å². The standard InChI is InChI=1S/C15H13N5O2S/c21-14(18-15-17-12-5-8-22-9-13(12)23-15)10-1-3-11(4-2-10)20-7-6-16-19-20/h1-4,6-7H,5,8-9H2,(H,17,18,21). The second kappa shape index (κ2) is 5.90. The van der Waals surface area contributed by atoms with E-state index in [1.165, 1.54) is 11.3 Å². The SMILES string of the molecule is O=C(Nc1nc2c(s1)COCC2)c1ccc(-n2ccnn2)cc1. The molecule has 0 atom stereocenters. The molecule has 0 bridgehead atoms. The van der Waals surface area contributed by atoms with Gasteiger partial charge in [-0.1, -0.05) is 16.6 Å². The molecule has 2 aromatic heterocycles. The van der Waals surface area contributed by atoms with Crippen molar-refractivity contribution in [1.29, 1.82) is 0 Å². The molecule has 0 unspecified atom stereocenters. The first-order valence-corrected chi connectivity index (χ1v) is 7.96. The number of anilines is 1. The Morgan fingerprint density at radius 2 is 2.17 bits per heavy atom. The quantitative estimate of drug-likeness (QED) is 0.796. The molecule has 3 aromatic rings. The van der Waals surface area contributed by atoms with Crippen LogP contribution in [0.25, 0.3) is 5.69 Å². The molecule has 1 N–H and O–H groups in total. The Morgan fingerprint density at radius 1 is 1.30 bits per heavy atom. The molecule has 7 nitrogen and oxygen atoms in total. The number of aromatic nitrogens is 4. The highest BCUT2D eigenvalue weighted by molar-refractivity contribution is 7.15. The van der Waals surface area contributed by atoms with Crippen LogP contribution in [0, 0.1) is 0 Å². The van der Waals surface area contributed by atoms with Crippen molar-refractivity contribution in [3.8, 4) is 5.69 Å². The number of ether oxygens (including phenoxy) is 1. The first-order valence-electron chi connectivity index (χ1n) is 7.14. The Bertz CT molecular complexity index is 803. The van der Waals surface area contributed by atoms with E-state index >= 15 is 0 Å². The van der Waals surface area contributed by atoms with Gasteiger partial charge in [0.25, 0.3) is 5.91 Å². The molecule has 0 saturated carbocycles. The van der Waals surface area contributed by atoms with Crippen LogP contribution in [-0.2, 0) is 17.8 Å². The number of thiazole rings is 1. The lowest BCUT2D eigenvalue weighted by molar-refractivity contribution is 0.102. The van der Waals surface area contributed by atoms with Gasteiger partial charge in [0, 0.05) is 12.0 Å². The Morgan fingerprint density at radius 3 is 2.91 bits per heavy atom. The molecule has 1 aliphatic heterocycles. The molecule has 0 radical (unpaired) electrons. The van der Waals surface area contributed by atoms with Gasteiger partial charge in [-0.05, 0) is 24.3 Å². The van der Waals surface area contributed by atoms with Crippen LogP contribution in [0.15, 0.2) is 36.7 Å². The van der Waals surface area contributed by atoms with Crippen LogP contribution in [0.2, 0.25) is 0 Å². The maximum atomic E-state index is 12.3. The van der Waals surface area contributed by atoms with Crippen LogP contribution in [0.5, 0.6) is 0 Å². The Labute approximate surface area is 135 Å². The van der Waals surface area contributed by atoms with E-state index in [1.54, 1.807) is 29.2 Å². The van der Waals surface area contributed by atoms with E-state index in [0.717, 1.165) is 22.7 Å². The molecule has 116 valence electrons. The average molecular weight is 327 g/mol. The number of fused-ring (bicyclic) bond motifs is 1. The number of hydrogen-bond acceptors (Lipinski definition) is 6. The molecule has 4 rings (SSSR count). The molecule has 1 aromatic carbocycles. The van der Waals surface area contributed by atoms with Gasteiger partial charge in [-0.2, -0.15) is 0 Å². The van der Waals surface area contributed by atoms with E-state index in [1.807, 2.05) is 12.1 Å². The summed E-state index contributed by atoms with van der Waals surface area (Å²) in [5.74, 6) is -0.179. The summed E-state index contributed by atoms with van der Waals surface area (Å²) in [6.45, 7) is 1.27. The largest absolute Gasteiger partial charge is 0.375 e. The minimum Gasteiger partial charge on any atom is -0.375 e. The number of benzene rings is 1. The first-order chi connectivity index (χ1) is 11.3. The molecule has 1 amide bonds. The van der Waals surface area contributed by atoms with E-state index in [0.29, 0.717) is 23.9 Å². The normalized spacial score (nSPS) is 13.6. The minimum absolute atomic E-state index is 0.179. The third-order valence-electron chi connectivity index (χ3n) is 3.53. The van der Waals surface area contributed by atoms with Crippen molar-refractivity contribution >= 4 is 22.4 Å². The van der Waals surface area contributed by atoms with E-state index in [4.69, 9.17) is 4.74 Å². The predicted octanol–water partition coefficient (Wildman–Crippen LogP) is 2.05. The van der Waals surface area contributed by atoms with Crippen LogP contribution in [-0.4, -0.2) is 32.5 Å². The summed E-state index contributed by atoms with van der Waals surface area (Å²) in [5, 5.41) is 11.1. The number of amides is 1. The van der Waals surface area contributed by atoms with Gasteiger partial charge >= 0.3 is 0 Å². The minimum atomic E-state index is -0.179. The van der Waals surface area contributed by atoms with Gasteiger partial charge < -0.3 is 4.74 Å². The summed E-state index contributed by atoms with van der Waals surface area (Å²) in [5.41, 5.74) is 2.44. The number of nitrogens with zero attached hydrogens (tertiary/aromatic N) is 4. The zero-order chi connectivity index (χ0) is 15.6. The smallest absolute Gasteiger partial charge is 0.257 e. The van der Waals surface area contributed by atoms with Crippen molar-refractivity contribution < 1.29 is 9.53 Å². The van der Waals surface area contributed by atoms with Crippen LogP contribution < -0.4 is 5.32 Å². The van der Waals surface area contributed by atoms with E-state index in [9.17, 15) is 4.79 Å². The number of nitrogens with one attached hydrogen (secondary N) is 1.